The molecule has 1 saturated heterocycles. The molecule has 1 aromatic rings. The average molecular weight is 469 g/mol. The summed E-state index contributed by atoms with van der Waals surface area (Å²) in [6, 6.07) is 1.86. The molecule has 2 atom stereocenters. The van der Waals surface area contributed by atoms with E-state index in [-0.39, 0.29) is 29.4 Å². The fourth-order valence-electron chi connectivity index (χ4n) is 5.60. The lowest BCUT2D eigenvalue weighted by Crippen LogP contribution is -2.43. The van der Waals surface area contributed by atoms with Gasteiger partial charge in [0, 0.05) is 37.2 Å². The Morgan fingerprint density at radius 1 is 1.21 bits per heavy atom. The third-order valence-electron chi connectivity index (χ3n) is 7.63. The fraction of sp³-hybridized carbons (Fsp3) is 0.621. The highest BCUT2D eigenvalue weighted by molar-refractivity contribution is 5.74. The number of phenols is 2. The Bertz CT molecular complexity index is 914. The maximum Gasteiger partial charge on any atom is 0.320 e. The van der Waals surface area contributed by atoms with Gasteiger partial charge in [-0.15, -0.1) is 0 Å². The molecule has 2 unspecified atom stereocenters. The number of carbonyl (C=O) groups excluding carboxylic acids is 1. The molecular weight excluding hydrogens is 424 g/mol. The molecule has 0 saturated carbocycles. The SMILES string of the molecule is C=C(C)C1CCC(C)=CC1c1c(O)cc(CCCCC)c(CN(C)C(=O)N2CCCCC2)c1O. The lowest BCUT2D eigenvalue weighted by atomic mass is 9.73. The van der Waals surface area contributed by atoms with Gasteiger partial charge in [-0.3, -0.25) is 0 Å². The number of allylic oxidation sites excluding steroid dienone is 3. The summed E-state index contributed by atoms with van der Waals surface area (Å²) in [4.78, 5) is 16.8. The summed E-state index contributed by atoms with van der Waals surface area (Å²) in [5, 5.41) is 22.7. The number of likely N-dealkylation sites (tertiary alicyclic amines) is 1. The first-order valence-corrected chi connectivity index (χ1v) is 13.1. The molecule has 34 heavy (non-hydrogen) atoms. The van der Waals surface area contributed by atoms with Crippen molar-refractivity contribution in [3.63, 3.8) is 0 Å². The first kappa shape index (κ1) is 26.2. The van der Waals surface area contributed by atoms with E-state index < -0.39 is 0 Å². The number of rotatable bonds is 8. The van der Waals surface area contributed by atoms with Crippen molar-refractivity contribution >= 4 is 6.03 Å². The second-order valence-corrected chi connectivity index (χ2v) is 10.5. The highest BCUT2D eigenvalue weighted by Gasteiger charge is 2.32. The summed E-state index contributed by atoms with van der Waals surface area (Å²) in [6.07, 6.45) is 11.4. The van der Waals surface area contributed by atoms with E-state index in [1.54, 1.807) is 4.90 Å². The number of aryl methyl sites for hydroxylation is 1. The number of nitrogens with zero attached hydrogens (tertiary/aromatic N) is 2. The van der Waals surface area contributed by atoms with Crippen LogP contribution in [0, 0.1) is 5.92 Å². The van der Waals surface area contributed by atoms with Crippen molar-refractivity contribution < 1.29 is 15.0 Å². The lowest BCUT2D eigenvalue weighted by Gasteiger charge is -2.33. The number of hydrogen-bond donors (Lipinski definition) is 2. The third kappa shape index (κ3) is 5.97. The molecule has 0 spiro atoms. The Hall–Kier alpha value is -2.43. The molecule has 1 heterocycles. The number of piperidine rings is 1. The van der Waals surface area contributed by atoms with E-state index in [9.17, 15) is 15.0 Å². The molecule has 5 nitrogen and oxygen atoms in total. The van der Waals surface area contributed by atoms with Crippen LogP contribution in [0.3, 0.4) is 0 Å². The smallest absolute Gasteiger partial charge is 0.320 e. The summed E-state index contributed by atoms with van der Waals surface area (Å²) < 4.78 is 0. The molecule has 1 fully saturated rings. The molecule has 1 aliphatic heterocycles. The first-order chi connectivity index (χ1) is 16.2. The topological polar surface area (TPSA) is 64.0 Å². The van der Waals surface area contributed by atoms with Gasteiger partial charge in [-0.1, -0.05) is 43.6 Å². The van der Waals surface area contributed by atoms with Crippen LogP contribution in [0.2, 0.25) is 0 Å². The van der Waals surface area contributed by atoms with Crippen molar-refractivity contribution in [2.24, 2.45) is 5.92 Å². The van der Waals surface area contributed by atoms with Crippen molar-refractivity contribution in [1.29, 1.82) is 0 Å². The van der Waals surface area contributed by atoms with Crippen molar-refractivity contribution in [3.8, 4) is 11.5 Å². The molecule has 3 rings (SSSR count). The van der Waals surface area contributed by atoms with Crippen molar-refractivity contribution in [2.75, 3.05) is 20.1 Å². The Morgan fingerprint density at radius 3 is 2.56 bits per heavy atom. The van der Waals surface area contributed by atoms with E-state index in [2.05, 4.69) is 26.5 Å². The van der Waals surface area contributed by atoms with Gasteiger partial charge in [0.15, 0.2) is 0 Å². The van der Waals surface area contributed by atoms with Gasteiger partial charge in [-0.2, -0.15) is 0 Å². The predicted octanol–water partition coefficient (Wildman–Crippen LogP) is 6.88. The van der Waals surface area contributed by atoms with Gasteiger partial charge in [-0.05, 0) is 76.3 Å². The van der Waals surface area contributed by atoms with Crippen LogP contribution in [-0.4, -0.2) is 46.2 Å². The van der Waals surface area contributed by atoms with Crippen molar-refractivity contribution in [1.82, 2.24) is 9.80 Å². The quantitative estimate of drug-likeness (QED) is 0.323. The number of unbranched alkanes of at least 4 members (excludes halogenated alkanes) is 2. The van der Waals surface area contributed by atoms with Crippen LogP contribution in [0.25, 0.3) is 0 Å². The fourth-order valence-corrected chi connectivity index (χ4v) is 5.60. The molecule has 188 valence electrons. The van der Waals surface area contributed by atoms with E-state index >= 15 is 0 Å². The molecular formula is C29H44N2O3. The largest absolute Gasteiger partial charge is 0.507 e. The predicted molar refractivity (Wildman–Crippen MR) is 139 cm³/mol. The van der Waals surface area contributed by atoms with Crippen LogP contribution in [0.15, 0.2) is 29.9 Å². The maximum atomic E-state index is 13.1. The number of aromatic hydroxyl groups is 2. The number of benzene rings is 1. The van der Waals surface area contributed by atoms with Gasteiger partial charge in [0.2, 0.25) is 0 Å². The summed E-state index contributed by atoms with van der Waals surface area (Å²) >= 11 is 0. The highest BCUT2D eigenvalue weighted by Crippen LogP contribution is 2.48. The van der Waals surface area contributed by atoms with Gasteiger partial charge in [0.05, 0.1) is 6.54 Å². The van der Waals surface area contributed by atoms with Gasteiger partial charge >= 0.3 is 6.03 Å². The normalized spacial score (nSPS) is 20.7. The highest BCUT2D eigenvalue weighted by atomic mass is 16.3. The monoisotopic (exact) mass is 468 g/mol. The lowest BCUT2D eigenvalue weighted by molar-refractivity contribution is 0.150. The molecule has 0 bridgehead atoms. The summed E-state index contributed by atoms with van der Waals surface area (Å²) in [5.41, 5.74) is 4.63. The second kappa shape index (κ2) is 11.8. The van der Waals surface area contributed by atoms with Gasteiger partial charge in [0.25, 0.3) is 0 Å². The van der Waals surface area contributed by atoms with Crippen LogP contribution < -0.4 is 0 Å². The Kier molecular flexibility index (Phi) is 9.10. The van der Waals surface area contributed by atoms with Crippen LogP contribution in [-0.2, 0) is 13.0 Å². The van der Waals surface area contributed by atoms with Crippen molar-refractivity contribution in [2.45, 2.75) is 91.0 Å². The zero-order chi connectivity index (χ0) is 24.8. The summed E-state index contributed by atoms with van der Waals surface area (Å²) in [5.74, 6) is 0.358. The number of hydrogen-bond acceptors (Lipinski definition) is 3. The van der Waals surface area contributed by atoms with Gasteiger partial charge in [-0.25, -0.2) is 4.79 Å². The number of amides is 2. The molecule has 2 amide bonds. The molecule has 2 N–H and O–H groups in total. The third-order valence-corrected chi connectivity index (χ3v) is 7.63. The molecule has 0 radical (unpaired) electrons. The van der Waals surface area contributed by atoms with E-state index in [1.807, 2.05) is 24.9 Å². The van der Waals surface area contributed by atoms with Gasteiger partial charge < -0.3 is 20.0 Å². The standard InChI is InChI=1S/C29H44N2O3/c1-6-7-9-12-22-18-26(32)27(24-17-21(4)13-14-23(24)20(2)3)28(33)25(22)19-30(5)29(34)31-15-10-8-11-16-31/h17-18,23-24,32-33H,2,6-16,19H2,1,3-5H3. The van der Waals surface area contributed by atoms with Crippen molar-refractivity contribution in [3.05, 3.63) is 46.6 Å². The Morgan fingerprint density at radius 2 is 1.91 bits per heavy atom. The average Bonchev–Trinajstić information content (AvgIpc) is 2.81. The maximum absolute atomic E-state index is 13.1. The van der Waals surface area contributed by atoms with Crippen LogP contribution in [0.4, 0.5) is 4.79 Å². The number of carbonyl (C=O) groups is 1. The van der Waals surface area contributed by atoms with Crippen LogP contribution in [0.1, 0.15) is 94.7 Å². The first-order valence-electron chi connectivity index (χ1n) is 13.1. The number of phenolic OH excluding ortho intramolecular Hbond substituents is 2. The zero-order valence-electron chi connectivity index (χ0n) is 21.7. The Labute approximate surface area is 206 Å². The number of urea groups is 1. The van der Waals surface area contributed by atoms with E-state index in [4.69, 9.17) is 0 Å². The van der Waals surface area contributed by atoms with E-state index in [0.29, 0.717) is 12.1 Å². The molecule has 1 aromatic carbocycles. The second-order valence-electron chi connectivity index (χ2n) is 10.5. The van der Waals surface area contributed by atoms with Gasteiger partial charge in [0.1, 0.15) is 11.5 Å². The van der Waals surface area contributed by atoms with Crippen LogP contribution >= 0.6 is 0 Å². The summed E-state index contributed by atoms with van der Waals surface area (Å²) in [7, 11) is 1.82. The van der Waals surface area contributed by atoms with E-state index in [0.717, 1.165) is 81.2 Å². The van der Waals surface area contributed by atoms with Crippen LogP contribution in [0.5, 0.6) is 11.5 Å². The molecule has 2 aliphatic rings. The van der Waals surface area contributed by atoms with E-state index in [1.165, 1.54) is 12.0 Å². The minimum absolute atomic E-state index is 0.0152. The Balaban J connectivity index is 2.00. The molecule has 5 heteroatoms. The molecule has 1 aliphatic carbocycles. The minimum Gasteiger partial charge on any atom is -0.507 e. The summed E-state index contributed by atoms with van der Waals surface area (Å²) in [6.45, 7) is 12.4. The zero-order valence-corrected chi connectivity index (χ0v) is 21.7. The minimum atomic E-state index is -0.113. The molecule has 0 aromatic heterocycles.